The van der Waals surface area contributed by atoms with Crippen molar-refractivity contribution in [1.82, 2.24) is 9.80 Å². The summed E-state index contributed by atoms with van der Waals surface area (Å²) >= 11 is 0. The number of nitrogens with zero attached hydrogens (tertiary/aromatic N) is 2. The van der Waals surface area contributed by atoms with Gasteiger partial charge in [0.1, 0.15) is 0 Å². The van der Waals surface area contributed by atoms with Crippen LogP contribution >= 0.6 is 0 Å². The first-order valence-corrected chi connectivity index (χ1v) is 11.5. The lowest BCUT2D eigenvalue weighted by atomic mass is 9.87. The van der Waals surface area contributed by atoms with E-state index in [1.807, 2.05) is 0 Å². The molecular weight excluding hydrogens is 348 g/mol. The molecule has 0 radical (unpaired) electrons. The third-order valence-corrected chi connectivity index (χ3v) is 7.67. The average Bonchev–Trinajstić information content (AvgIpc) is 3.40. The summed E-state index contributed by atoms with van der Waals surface area (Å²) in [5.74, 6) is 0.363. The van der Waals surface area contributed by atoms with E-state index in [1.165, 1.54) is 31.2 Å². The summed E-state index contributed by atoms with van der Waals surface area (Å²) < 4.78 is 5.86. The largest absolute Gasteiger partial charge is 0.376 e. The molecule has 3 fully saturated rings. The van der Waals surface area contributed by atoms with Crippen molar-refractivity contribution < 1.29 is 9.53 Å². The molecule has 0 unspecified atom stereocenters. The zero-order chi connectivity index (χ0) is 19.0. The summed E-state index contributed by atoms with van der Waals surface area (Å²) in [7, 11) is 0. The molecule has 3 saturated heterocycles. The first-order valence-electron chi connectivity index (χ1n) is 11.5. The maximum absolute atomic E-state index is 12.7. The van der Waals surface area contributed by atoms with E-state index in [0.717, 1.165) is 71.3 Å². The molecule has 0 saturated carbocycles. The number of likely N-dealkylation sites (tertiary alicyclic amines) is 2. The molecule has 4 heteroatoms. The normalized spacial score (nSPS) is 30.9. The number of hydrogen-bond donors (Lipinski definition) is 0. The summed E-state index contributed by atoms with van der Waals surface area (Å²) in [5.41, 5.74) is 4.70. The minimum atomic E-state index is 0.0930. The molecule has 0 aromatic heterocycles. The van der Waals surface area contributed by atoms with Crippen LogP contribution in [0.3, 0.4) is 0 Å². The van der Waals surface area contributed by atoms with Crippen LogP contribution in [0.1, 0.15) is 68.1 Å². The number of ether oxygens (including phenoxy) is 1. The average molecular weight is 383 g/mol. The van der Waals surface area contributed by atoms with Gasteiger partial charge in [0.2, 0.25) is 5.91 Å². The van der Waals surface area contributed by atoms with Crippen LogP contribution in [-0.4, -0.2) is 53.6 Å². The third-order valence-electron chi connectivity index (χ3n) is 7.67. The van der Waals surface area contributed by atoms with Crippen molar-refractivity contribution in [2.45, 2.75) is 82.4 Å². The van der Waals surface area contributed by atoms with Crippen LogP contribution in [0.25, 0.3) is 0 Å². The van der Waals surface area contributed by atoms with Crippen molar-refractivity contribution in [1.29, 1.82) is 0 Å². The number of carbonyl (C=O) groups excluding carboxylic acids is 1. The fraction of sp³-hybridized carbons (Fsp3) is 0.708. The number of benzene rings is 1. The zero-order valence-corrected chi connectivity index (χ0v) is 17.1. The maximum atomic E-state index is 12.7. The molecule has 5 rings (SSSR count). The highest BCUT2D eigenvalue weighted by molar-refractivity contribution is 5.79. The Kier molecular flexibility index (Phi) is 5.18. The number of rotatable bonds is 4. The van der Waals surface area contributed by atoms with Crippen molar-refractivity contribution in [2.24, 2.45) is 0 Å². The molecule has 1 aromatic carbocycles. The van der Waals surface area contributed by atoms with Crippen LogP contribution in [0.15, 0.2) is 18.2 Å². The van der Waals surface area contributed by atoms with Crippen LogP contribution in [0.5, 0.6) is 0 Å². The molecule has 28 heavy (non-hydrogen) atoms. The Morgan fingerprint density at radius 1 is 1.00 bits per heavy atom. The van der Waals surface area contributed by atoms with Gasteiger partial charge in [0.05, 0.1) is 6.10 Å². The van der Waals surface area contributed by atoms with Gasteiger partial charge in [-0.1, -0.05) is 18.2 Å². The molecule has 2 atom stereocenters. The molecule has 1 amide bonds. The quantitative estimate of drug-likeness (QED) is 0.796. The highest BCUT2D eigenvalue weighted by Gasteiger charge is 2.46. The lowest BCUT2D eigenvalue weighted by molar-refractivity contribution is -0.133. The molecule has 1 aromatic rings. The van der Waals surface area contributed by atoms with Crippen molar-refractivity contribution in [2.75, 3.05) is 26.2 Å². The van der Waals surface area contributed by atoms with Crippen LogP contribution < -0.4 is 0 Å². The van der Waals surface area contributed by atoms with Gasteiger partial charge in [-0.2, -0.15) is 0 Å². The molecule has 4 aliphatic rings. The van der Waals surface area contributed by atoms with E-state index >= 15 is 0 Å². The van der Waals surface area contributed by atoms with Crippen LogP contribution in [0, 0.1) is 0 Å². The Hall–Kier alpha value is -1.39. The smallest absolute Gasteiger partial charge is 0.223 e. The second-order valence-corrected chi connectivity index (χ2v) is 9.45. The van der Waals surface area contributed by atoms with Crippen LogP contribution in [-0.2, 0) is 28.9 Å². The molecule has 1 spiro atoms. The van der Waals surface area contributed by atoms with Crippen LogP contribution in [0.4, 0.5) is 0 Å². The van der Waals surface area contributed by atoms with Gasteiger partial charge in [0, 0.05) is 38.2 Å². The predicted molar refractivity (Wildman–Crippen MR) is 110 cm³/mol. The Morgan fingerprint density at radius 2 is 1.93 bits per heavy atom. The highest BCUT2D eigenvalue weighted by Crippen LogP contribution is 2.40. The zero-order valence-electron chi connectivity index (χ0n) is 17.1. The van der Waals surface area contributed by atoms with Gasteiger partial charge in [-0.25, -0.2) is 0 Å². The molecule has 3 heterocycles. The fourth-order valence-electron chi connectivity index (χ4n) is 6.06. The second-order valence-electron chi connectivity index (χ2n) is 9.45. The van der Waals surface area contributed by atoms with Gasteiger partial charge >= 0.3 is 0 Å². The van der Waals surface area contributed by atoms with E-state index in [2.05, 4.69) is 28.0 Å². The first-order chi connectivity index (χ1) is 13.7. The van der Waals surface area contributed by atoms with Crippen molar-refractivity contribution in [3.05, 3.63) is 34.9 Å². The lowest BCUT2D eigenvalue weighted by Crippen LogP contribution is -2.49. The molecule has 1 aliphatic carbocycles. The van der Waals surface area contributed by atoms with Gasteiger partial charge < -0.3 is 9.64 Å². The van der Waals surface area contributed by atoms with Gasteiger partial charge in [0.15, 0.2) is 0 Å². The third kappa shape index (κ3) is 3.61. The number of hydrogen-bond acceptors (Lipinski definition) is 3. The Balaban J connectivity index is 1.24. The highest BCUT2D eigenvalue weighted by atomic mass is 16.5. The number of fused-ring (bicyclic) bond motifs is 1. The lowest BCUT2D eigenvalue weighted by Gasteiger charge is -2.39. The van der Waals surface area contributed by atoms with Crippen molar-refractivity contribution in [3.8, 4) is 0 Å². The Bertz CT molecular complexity index is 727. The van der Waals surface area contributed by atoms with Crippen molar-refractivity contribution in [3.63, 3.8) is 0 Å². The monoisotopic (exact) mass is 382 g/mol. The summed E-state index contributed by atoms with van der Waals surface area (Å²) in [5, 5.41) is 0. The molecule has 0 N–H and O–H groups in total. The number of carbonyl (C=O) groups is 1. The fourth-order valence-corrected chi connectivity index (χ4v) is 6.06. The number of aryl methyl sites for hydroxylation is 2. The molecule has 3 aliphatic heterocycles. The molecule has 0 bridgehead atoms. The minimum Gasteiger partial charge on any atom is -0.376 e. The topological polar surface area (TPSA) is 32.8 Å². The SMILES string of the molecule is O=C1CC[C@@]2(CCCN(Cc3ccc4c(c3)CCC4)CC2)N1C[C@H]1CCCO1. The van der Waals surface area contributed by atoms with Crippen molar-refractivity contribution >= 4 is 5.91 Å². The van der Waals surface area contributed by atoms with E-state index in [1.54, 1.807) is 11.1 Å². The predicted octanol–water partition coefficient (Wildman–Crippen LogP) is 3.70. The number of amides is 1. The maximum Gasteiger partial charge on any atom is 0.223 e. The van der Waals surface area contributed by atoms with Gasteiger partial charge in [-0.05, 0) is 81.0 Å². The minimum absolute atomic E-state index is 0.0930. The first kappa shape index (κ1) is 18.6. The van der Waals surface area contributed by atoms with Gasteiger partial charge in [-0.15, -0.1) is 0 Å². The summed E-state index contributed by atoms with van der Waals surface area (Å²) in [6.07, 6.45) is 11.6. The van der Waals surface area contributed by atoms with Gasteiger partial charge in [0.25, 0.3) is 0 Å². The summed E-state index contributed by atoms with van der Waals surface area (Å²) in [4.78, 5) is 17.5. The summed E-state index contributed by atoms with van der Waals surface area (Å²) in [6.45, 7) is 5.01. The standard InChI is InChI=1S/C24H34N2O2/c27-23-9-11-24(26(23)18-22-6-2-15-28-22)10-3-13-25(14-12-24)17-19-7-8-20-4-1-5-21(20)16-19/h7-8,16,22H,1-6,9-15,17-18H2/t22-,24-/m1/s1. The molecular formula is C24H34N2O2. The Labute approximate surface area is 169 Å². The van der Waals surface area contributed by atoms with E-state index in [4.69, 9.17) is 4.74 Å². The molecule has 152 valence electrons. The summed E-state index contributed by atoms with van der Waals surface area (Å²) in [6, 6.07) is 7.15. The van der Waals surface area contributed by atoms with E-state index in [-0.39, 0.29) is 11.6 Å². The van der Waals surface area contributed by atoms with E-state index in [9.17, 15) is 4.79 Å². The van der Waals surface area contributed by atoms with E-state index in [0.29, 0.717) is 5.91 Å². The second kappa shape index (κ2) is 7.79. The van der Waals surface area contributed by atoms with Crippen LogP contribution in [0.2, 0.25) is 0 Å². The van der Waals surface area contributed by atoms with E-state index < -0.39 is 0 Å². The molecule has 4 nitrogen and oxygen atoms in total. The van der Waals surface area contributed by atoms with Gasteiger partial charge in [-0.3, -0.25) is 9.69 Å². The Morgan fingerprint density at radius 3 is 2.82 bits per heavy atom.